The van der Waals surface area contributed by atoms with Crippen molar-refractivity contribution in [3.63, 3.8) is 0 Å². The van der Waals surface area contributed by atoms with Gasteiger partial charge in [0.15, 0.2) is 11.6 Å². The maximum atomic E-state index is 13.5. The lowest BCUT2D eigenvalue weighted by Gasteiger charge is -2.07. The Bertz CT molecular complexity index is 570. The lowest BCUT2D eigenvalue weighted by atomic mass is 10.1. The summed E-state index contributed by atoms with van der Waals surface area (Å²) >= 11 is 0. The van der Waals surface area contributed by atoms with Gasteiger partial charge in [-0.2, -0.15) is 0 Å². The van der Waals surface area contributed by atoms with Gasteiger partial charge in [-0.25, -0.2) is 18.7 Å². The number of nitrogens with one attached hydrogen (secondary N) is 1. The zero-order chi connectivity index (χ0) is 13.1. The third-order valence-electron chi connectivity index (χ3n) is 2.55. The summed E-state index contributed by atoms with van der Waals surface area (Å²) < 4.78 is 26.6. The van der Waals surface area contributed by atoms with E-state index in [0.717, 1.165) is 5.56 Å². The van der Waals surface area contributed by atoms with E-state index in [4.69, 9.17) is 0 Å². The van der Waals surface area contributed by atoms with E-state index < -0.39 is 5.82 Å². The molecule has 0 aliphatic heterocycles. The summed E-state index contributed by atoms with van der Waals surface area (Å²) in [7, 11) is 1.59. The molecule has 2 aromatic rings. The van der Waals surface area contributed by atoms with Crippen molar-refractivity contribution in [2.75, 3.05) is 12.4 Å². The van der Waals surface area contributed by atoms with Crippen molar-refractivity contribution in [1.29, 1.82) is 0 Å². The highest BCUT2D eigenvalue weighted by Gasteiger charge is 2.10. The van der Waals surface area contributed by atoms with Gasteiger partial charge in [0.25, 0.3) is 0 Å². The number of halogens is 2. The van der Waals surface area contributed by atoms with Gasteiger partial charge in [0.2, 0.25) is 0 Å². The molecule has 0 bridgehead atoms. The lowest BCUT2D eigenvalue weighted by Crippen LogP contribution is -2.06. The number of nitrogens with zero attached hydrogens (tertiary/aromatic N) is 2. The summed E-state index contributed by atoms with van der Waals surface area (Å²) in [4.78, 5) is 8.11. The van der Waals surface area contributed by atoms with Gasteiger partial charge < -0.3 is 5.32 Å². The van der Waals surface area contributed by atoms with Crippen molar-refractivity contribution < 1.29 is 8.78 Å². The largest absolute Gasteiger partial charge is 0.371 e. The van der Waals surface area contributed by atoms with Crippen molar-refractivity contribution in [2.45, 2.75) is 13.3 Å². The predicted octanol–water partition coefficient (Wildman–Crippen LogP) is 2.70. The molecule has 1 aromatic heterocycles. The highest BCUT2D eigenvalue weighted by atomic mass is 19.1. The van der Waals surface area contributed by atoms with Gasteiger partial charge >= 0.3 is 0 Å². The summed E-state index contributed by atoms with van der Waals surface area (Å²) in [5.41, 5.74) is 1.03. The topological polar surface area (TPSA) is 37.8 Å². The van der Waals surface area contributed by atoms with Crippen molar-refractivity contribution in [2.24, 2.45) is 0 Å². The molecule has 0 aliphatic carbocycles. The summed E-state index contributed by atoms with van der Waals surface area (Å²) in [5, 5.41) is 2.67. The molecule has 1 aromatic carbocycles. The molecule has 0 unspecified atom stereocenters. The van der Waals surface area contributed by atoms with Gasteiger partial charge in [0.05, 0.1) is 5.69 Å². The standard InChI is InChI=1S/C13H13F2N3/c1-8-12(15)13(16-2)18-11(17-8)7-9-4-3-5-10(14)6-9/h3-6H,7H2,1-2H3,(H,16,17,18). The van der Waals surface area contributed by atoms with Crippen LogP contribution in [0.1, 0.15) is 17.1 Å². The summed E-state index contributed by atoms with van der Waals surface area (Å²) in [6, 6.07) is 6.20. The highest BCUT2D eigenvalue weighted by molar-refractivity contribution is 5.37. The first-order chi connectivity index (χ1) is 8.60. The van der Waals surface area contributed by atoms with Crippen LogP contribution in [-0.2, 0) is 6.42 Å². The molecule has 94 valence electrons. The molecule has 0 atom stereocenters. The molecule has 1 heterocycles. The van der Waals surface area contributed by atoms with Crippen molar-refractivity contribution in [3.8, 4) is 0 Å². The normalized spacial score (nSPS) is 10.4. The molecule has 2 rings (SSSR count). The van der Waals surface area contributed by atoms with Gasteiger partial charge in [0, 0.05) is 13.5 Å². The number of benzene rings is 1. The van der Waals surface area contributed by atoms with Crippen LogP contribution >= 0.6 is 0 Å². The molecule has 0 radical (unpaired) electrons. The van der Waals surface area contributed by atoms with E-state index in [1.807, 2.05) is 0 Å². The minimum atomic E-state index is -0.458. The zero-order valence-corrected chi connectivity index (χ0v) is 10.2. The Hall–Kier alpha value is -2.04. The van der Waals surface area contributed by atoms with E-state index >= 15 is 0 Å². The van der Waals surface area contributed by atoms with Crippen LogP contribution in [0.5, 0.6) is 0 Å². The first-order valence-electron chi connectivity index (χ1n) is 5.55. The summed E-state index contributed by atoms with van der Waals surface area (Å²) in [5.74, 6) is -0.140. The van der Waals surface area contributed by atoms with E-state index in [0.29, 0.717) is 12.2 Å². The highest BCUT2D eigenvalue weighted by Crippen LogP contribution is 2.15. The molecule has 0 spiro atoms. The van der Waals surface area contributed by atoms with Crippen LogP contribution < -0.4 is 5.32 Å². The Balaban J connectivity index is 2.32. The molecule has 0 amide bonds. The molecule has 1 N–H and O–H groups in total. The molecule has 5 heteroatoms. The Morgan fingerprint density at radius 2 is 2.00 bits per heavy atom. The van der Waals surface area contributed by atoms with Gasteiger partial charge in [0.1, 0.15) is 11.6 Å². The van der Waals surface area contributed by atoms with Crippen molar-refractivity contribution in [1.82, 2.24) is 9.97 Å². The van der Waals surface area contributed by atoms with Gasteiger partial charge in [-0.3, -0.25) is 0 Å². The van der Waals surface area contributed by atoms with E-state index in [1.54, 1.807) is 26.1 Å². The average Bonchev–Trinajstić information content (AvgIpc) is 2.33. The quantitative estimate of drug-likeness (QED) is 0.908. The minimum absolute atomic E-state index is 0.161. The van der Waals surface area contributed by atoms with E-state index in [9.17, 15) is 8.78 Å². The zero-order valence-electron chi connectivity index (χ0n) is 10.2. The maximum absolute atomic E-state index is 13.5. The molecule has 18 heavy (non-hydrogen) atoms. The molecule has 0 fully saturated rings. The lowest BCUT2D eigenvalue weighted by molar-refractivity contribution is 0.601. The summed E-state index contributed by atoms with van der Waals surface area (Å²) in [6.07, 6.45) is 0.369. The molecule has 3 nitrogen and oxygen atoms in total. The number of hydrogen-bond donors (Lipinski definition) is 1. The second-order valence-electron chi connectivity index (χ2n) is 3.94. The molecular weight excluding hydrogens is 236 g/mol. The first kappa shape index (κ1) is 12.4. The molecule has 0 saturated carbocycles. The number of rotatable bonds is 3. The van der Waals surface area contributed by atoms with Crippen LogP contribution in [-0.4, -0.2) is 17.0 Å². The molecular formula is C13H13F2N3. The van der Waals surface area contributed by atoms with Crippen LogP contribution in [0.25, 0.3) is 0 Å². The Labute approximate surface area is 104 Å². The molecule has 0 saturated heterocycles. The monoisotopic (exact) mass is 249 g/mol. The number of aryl methyl sites for hydroxylation is 1. The van der Waals surface area contributed by atoms with E-state index in [1.165, 1.54) is 12.1 Å². The fourth-order valence-electron chi connectivity index (χ4n) is 1.69. The average molecular weight is 249 g/mol. The fraction of sp³-hybridized carbons (Fsp3) is 0.231. The van der Waals surface area contributed by atoms with Crippen LogP contribution in [0.4, 0.5) is 14.6 Å². The first-order valence-corrected chi connectivity index (χ1v) is 5.55. The van der Waals surface area contributed by atoms with Crippen LogP contribution in [0.15, 0.2) is 24.3 Å². The third-order valence-corrected chi connectivity index (χ3v) is 2.55. The van der Waals surface area contributed by atoms with E-state index in [2.05, 4.69) is 15.3 Å². The SMILES string of the molecule is CNc1nc(Cc2cccc(F)c2)nc(C)c1F. The molecule has 0 aliphatic rings. The van der Waals surface area contributed by atoms with Crippen LogP contribution in [0, 0.1) is 18.6 Å². The van der Waals surface area contributed by atoms with E-state index in [-0.39, 0.29) is 17.3 Å². The Kier molecular flexibility index (Phi) is 3.50. The van der Waals surface area contributed by atoms with Crippen LogP contribution in [0.2, 0.25) is 0 Å². The number of hydrogen-bond acceptors (Lipinski definition) is 3. The van der Waals surface area contributed by atoms with Crippen LogP contribution in [0.3, 0.4) is 0 Å². The van der Waals surface area contributed by atoms with Gasteiger partial charge in [-0.15, -0.1) is 0 Å². The van der Waals surface area contributed by atoms with Gasteiger partial charge in [-0.05, 0) is 24.6 Å². The fourth-order valence-corrected chi connectivity index (χ4v) is 1.69. The summed E-state index contributed by atoms with van der Waals surface area (Å²) in [6.45, 7) is 1.58. The Morgan fingerprint density at radius 1 is 1.22 bits per heavy atom. The second-order valence-corrected chi connectivity index (χ2v) is 3.94. The Morgan fingerprint density at radius 3 is 2.67 bits per heavy atom. The van der Waals surface area contributed by atoms with Crippen molar-refractivity contribution >= 4 is 5.82 Å². The third kappa shape index (κ3) is 2.61. The predicted molar refractivity (Wildman–Crippen MR) is 65.5 cm³/mol. The van der Waals surface area contributed by atoms with Crippen molar-refractivity contribution in [3.05, 3.63) is 53.0 Å². The number of aromatic nitrogens is 2. The number of anilines is 1. The van der Waals surface area contributed by atoms with Gasteiger partial charge in [-0.1, -0.05) is 12.1 Å². The minimum Gasteiger partial charge on any atom is -0.371 e. The smallest absolute Gasteiger partial charge is 0.186 e. The maximum Gasteiger partial charge on any atom is 0.186 e. The second kappa shape index (κ2) is 5.08.